The Labute approximate surface area is 242 Å². The van der Waals surface area contributed by atoms with Gasteiger partial charge in [-0.15, -0.1) is 11.3 Å². The number of benzene rings is 1. The number of aromatic nitrogens is 1. The number of ether oxygens (including phenoxy) is 3. The van der Waals surface area contributed by atoms with Gasteiger partial charge in [-0.1, -0.05) is 6.07 Å². The second kappa shape index (κ2) is 13.2. The van der Waals surface area contributed by atoms with Crippen molar-refractivity contribution in [3.05, 3.63) is 78.8 Å². The average molecular weight is 577 g/mol. The number of hydrogen-bond donors (Lipinski definition) is 0. The molecule has 0 radical (unpaired) electrons. The molecule has 0 saturated heterocycles. The number of esters is 3. The second-order valence-electron chi connectivity index (χ2n) is 9.17. The molecule has 1 aromatic carbocycles. The van der Waals surface area contributed by atoms with Crippen LogP contribution in [0.3, 0.4) is 0 Å². The molecule has 0 spiro atoms. The first-order valence-electron chi connectivity index (χ1n) is 13.0. The van der Waals surface area contributed by atoms with Crippen molar-refractivity contribution in [1.82, 2.24) is 4.57 Å². The van der Waals surface area contributed by atoms with Gasteiger partial charge in [0.2, 0.25) is 0 Å². The minimum Gasteiger partial charge on any atom is -0.465 e. The maximum atomic E-state index is 13.4. The van der Waals surface area contributed by atoms with Crippen molar-refractivity contribution < 1.29 is 33.4 Å². The van der Waals surface area contributed by atoms with E-state index in [1.165, 1.54) is 13.2 Å². The Kier molecular flexibility index (Phi) is 10.0. The Morgan fingerprint density at radius 2 is 1.63 bits per heavy atom. The molecule has 41 heavy (non-hydrogen) atoms. The Morgan fingerprint density at radius 1 is 0.976 bits per heavy atom. The molecule has 214 valence electrons. The highest BCUT2D eigenvalue weighted by Crippen LogP contribution is 2.32. The van der Waals surface area contributed by atoms with Gasteiger partial charge < -0.3 is 18.8 Å². The number of rotatable bonds is 10. The third-order valence-corrected chi connectivity index (χ3v) is 7.90. The highest BCUT2D eigenvalue weighted by Gasteiger charge is 2.28. The van der Waals surface area contributed by atoms with E-state index >= 15 is 0 Å². The van der Waals surface area contributed by atoms with Gasteiger partial charge in [0.15, 0.2) is 5.78 Å². The molecule has 10 heteroatoms. The fraction of sp³-hybridized carbons (Fsp3) is 0.323. The number of carbonyl (C=O) groups is 4. The summed E-state index contributed by atoms with van der Waals surface area (Å²) in [6.07, 6.45) is 1.24. The van der Waals surface area contributed by atoms with Crippen molar-refractivity contribution in [2.75, 3.05) is 20.3 Å². The van der Waals surface area contributed by atoms with Crippen molar-refractivity contribution >= 4 is 41.1 Å². The molecular formula is C31H32N2O7S. The van der Waals surface area contributed by atoms with Crippen LogP contribution in [0.1, 0.15) is 77.2 Å². The number of aryl methyl sites for hydroxylation is 1. The van der Waals surface area contributed by atoms with E-state index in [1.807, 2.05) is 43.5 Å². The molecule has 3 rings (SSSR count). The molecule has 0 unspecified atom stereocenters. The molecule has 2 aromatic heterocycles. The lowest BCUT2D eigenvalue weighted by Crippen LogP contribution is -2.12. The standard InChI is InChI=1S/C31H32N2O7S/c1-8-39-30(36)27-19(5)28(31(37)40-9-2)41-26(27)15-25(34)22(16-32)14-21-13-17(3)33(20(21)6)24-12-10-11-23(18(24)4)29(35)38-7/h10-14H,8-9,15H2,1-7H3/b22-14-. The molecule has 0 aliphatic carbocycles. The number of nitrogens with zero attached hydrogens (tertiary/aromatic N) is 2. The third-order valence-electron chi connectivity index (χ3n) is 6.62. The number of methoxy groups -OCH3 is 1. The fourth-order valence-corrected chi connectivity index (χ4v) is 5.82. The van der Waals surface area contributed by atoms with Gasteiger partial charge in [-0.25, -0.2) is 14.4 Å². The lowest BCUT2D eigenvalue weighted by Gasteiger charge is -2.15. The van der Waals surface area contributed by atoms with Crippen molar-refractivity contribution in [2.45, 2.75) is 48.0 Å². The highest BCUT2D eigenvalue weighted by molar-refractivity contribution is 7.14. The lowest BCUT2D eigenvalue weighted by atomic mass is 10.0. The minimum absolute atomic E-state index is 0.108. The van der Waals surface area contributed by atoms with Crippen LogP contribution in [0.2, 0.25) is 0 Å². The highest BCUT2D eigenvalue weighted by atomic mass is 32.1. The first-order valence-corrected chi connectivity index (χ1v) is 13.8. The van der Waals surface area contributed by atoms with Crippen LogP contribution in [0, 0.1) is 39.0 Å². The second-order valence-corrected chi connectivity index (χ2v) is 10.3. The first-order chi connectivity index (χ1) is 19.5. The van der Waals surface area contributed by atoms with Gasteiger partial charge >= 0.3 is 17.9 Å². The van der Waals surface area contributed by atoms with Gasteiger partial charge in [-0.2, -0.15) is 5.26 Å². The predicted octanol–water partition coefficient (Wildman–Crippen LogP) is 5.63. The molecule has 0 atom stereocenters. The van der Waals surface area contributed by atoms with Crippen LogP contribution < -0.4 is 0 Å². The number of thiophene rings is 1. The Bertz CT molecular complexity index is 1600. The Morgan fingerprint density at radius 3 is 2.24 bits per heavy atom. The van der Waals surface area contributed by atoms with Gasteiger partial charge in [0.05, 0.1) is 37.0 Å². The van der Waals surface area contributed by atoms with Gasteiger partial charge in [0.1, 0.15) is 10.9 Å². The summed E-state index contributed by atoms with van der Waals surface area (Å²) in [6, 6.07) is 9.17. The van der Waals surface area contributed by atoms with Gasteiger partial charge in [-0.3, -0.25) is 4.79 Å². The van der Waals surface area contributed by atoms with Crippen molar-refractivity contribution in [3.63, 3.8) is 0 Å². The van der Waals surface area contributed by atoms with E-state index in [4.69, 9.17) is 14.2 Å². The van der Waals surface area contributed by atoms with Crippen LogP contribution in [-0.2, 0) is 25.4 Å². The van der Waals surface area contributed by atoms with Gasteiger partial charge in [0.25, 0.3) is 0 Å². The topological polar surface area (TPSA) is 125 Å². The maximum Gasteiger partial charge on any atom is 0.348 e. The summed E-state index contributed by atoms with van der Waals surface area (Å²) in [7, 11) is 1.33. The number of ketones is 1. The van der Waals surface area contributed by atoms with Crippen LogP contribution >= 0.6 is 11.3 Å². The van der Waals surface area contributed by atoms with E-state index in [-0.39, 0.29) is 35.6 Å². The molecule has 3 aromatic rings. The summed E-state index contributed by atoms with van der Waals surface area (Å²) in [6.45, 7) is 10.8. The van der Waals surface area contributed by atoms with E-state index in [9.17, 15) is 24.4 Å². The molecular weight excluding hydrogens is 544 g/mol. The Balaban J connectivity index is 2.03. The number of hydrogen-bond acceptors (Lipinski definition) is 9. The lowest BCUT2D eigenvalue weighted by molar-refractivity contribution is -0.114. The monoisotopic (exact) mass is 576 g/mol. The summed E-state index contributed by atoms with van der Waals surface area (Å²) < 4.78 is 17.1. The van der Waals surface area contributed by atoms with E-state index < -0.39 is 23.7 Å². The zero-order chi connectivity index (χ0) is 30.4. The molecule has 0 amide bonds. The maximum absolute atomic E-state index is 13.4. The van der Waals surface area contributed by atoms with Gasteiger partial charge in [0, 0.05) is 28.4 Å². The normalized spacial score (nSPS) is 11.1. The summed E-state index contributed by atoms with van der Waals surface area (Å²) in [5.41, 5.74) is 4.60. The minimum atomic E-state index is -0.643. The fourth-order valence-electron chi connectivity index (χ4n) is 4.63. The average Bonchev–Trinajstić information content (AvgIpc) is 3.41. The van der Waals surface area contributed by atoms with Crippen molar-refractivity contribution in [1.29, 1.82) is 5.26 Å². The zero-order valence-corrected chi connectivity index (χ0v) is 25.0. The molecule has 0 bridgehead atoms. The smallest absolute Gasteiger partial charge is 0.348 e. The van der Waals surface area contributed by atoms with E-state index in [1.54, 1.807) is 32.9 Å². The largest absolute Gasteiger partial charge is 0.465 e. The van der Waals surface area contributed by atoms with E-state index in [2.05, 4.69) is 0 Å². The summed E-state index contributed by atoms with van der Waals surface area (Å²) >= 11 is 0.990. The summed E-state index contributed by atoms with van der Waals surface area (Å²) in [5, 5.41) is 9.91. The van der Waals surface area contributed by atoms with Crippen LogP contribution in [0.15, 0.2) is 29.8 Å². The third kappa shape index (κ3) is 6.31. The predicted molar refractivity (Wildman–Crippen MR) is 155 cm³/mol. The van der Waals surface area contributed by atoms with Crippen LogP contribution in [-0.4, -0.2) is 48.6 Å². The molecule has 0 aliphatic heterocycles. The molecule has 0 saturated carbocycles. The van der Waals surface area contributed by atoms with Crippen molar-refractivity contribution in [3.8, 4) is 11.8 Å². The number of nitriles is 1. The number of Topliss-reactive ketones (excluding diaryl/α,β-unsaturated/α-hetero) is 1. The van der Waals surface area contributed by atoms with Gasteiger partial charge in [-0.05, 0) is 82.5 Å². The zero-order valence-electron chi connectivity index (χ0n) is 24.2. The molecule has 0 N–H and O–H groups in total. The molecule has 0 aliphatic rings. The van der Waals surface area contributed by atoms with Crippen LogP contribution in [0.25, 0.3) is 11.8 Å². The van der Waals surface area contributed by atoms with Crippen LogP contribution in [0.4, 0.5) is 0 Å². The Hall–Kier alpha value is -4.49. The summed E-state index contributed by atoms with van der Waals surface area (Å²) in [5.74, 6) is -2.19. The van der Waals surface area contributed by atoms with Crippen molar-refractivity contribution in [2.24, 2.45) is 0 Å². The number of carbonyl (C=O) groups excluding carboxylic acids is 4. The molecule has 9 nitrogen and oxygen atoms in total. The number of allylic oxidation sites excluding steroid dienone is 1. The SMILES string of the molecule is CCOC(=O)c1sc(CC(=O)/C(C#N)=C\c2cc(C)n(-c3cccc(C(=O)OC)c3C)c2C)c(C(=O)OCC)c1C. The van der Waals surface area contributed by atoms with Crippen LogP contribution in [0.5, 0.6) is 0 Å². The van der Waals surface area contributed by atoms with E-state index in [0.717, 1.165) is 34.0 Å². The van der Waals surface area contributed by atoms with E-state index in [0.29, 0.717) is 21.6 Å². The quantitative estimate of drug-likeness (QED) is 0.132. The first kappa shape index (κ1) is 31.0. The summed E-state index contributed by atoms with van der Waals surface area (Å²) in [4.78, 5) is 51.4. The molecule has 2 heterocycles. The molecule has 0 fully saturated rings.